The van der Waals surface area contributed by atoms with Crippen LogP contribution in [0.4, 0.5) is 18.3 Å². The average molecular weight is 337 g/mol. The SMILES string of the molecule is CN1CN(c2nnc(C(F)(F)F)s2)C(N2CCOCC2)C1=O. The highest BCUT2D eigenvalue weighted by Gasteiger charge is 2.44. The van der Waals surface area contributed by atoms with Crippen LogP contribution in [0.3, 0.4) is 0 Å². The van der Waals surface area contributed by atoms with Crippen LogP contribution in [-0.4, -0.2) is 72.1 Å². The van der Waals surface area contributed by atoms with Crippen molar-refractivity contribution in [2.45, 2.75) is 12.3 Å². The Hall–Kier alpha value is -1.46. The molecule has 0 bridgehead atoms. The molecular formula is C11H14F3N5O2S. The van der Waals surface area contributed by atoms with Crippen molar-refractivity contribution in [1.29, 1.82) is 0 Å². The van der Waals surface area contributed by atoms with Gasteiger partial charge in [-0.3, -0.25) is 9.69 Å². The topological polar surface area (TPSA) is 61.8 Å². The average Bonchev–Trinajstić information content (AvgIpc) is 3.06. The summed E-state index contributed by atoms with van der Waals surface area (Å²) in [7, 11) is 1.61. The van der Waals surface area contributed by atoms with Crippen molar-refractivity contribution in [3.8, 4) is 0 Å². The number of carbonyl (C=O) groups excluding carboxylic acids is 1. The fourth-order valence-corrected chi connectivity index (χ4v) is 3.22. The molecule has 11 heteroatoms. The van der Waals surface area contributed by atoms with E-state index in [1.165, 1.54) is 4.90 Å². The molecule has 3 heterocycles. The second-order valence-electron chi connectivity index (χ2n) is 5.06. The minimum atomic E-state index is -4.53. The number of nitrogens with zero attached hydrogens (tertiary/aromatic N) is 5. The summed E-state index contributed by atoms with van der Waals surface area (Å²) in [4.78, 5) is 17.2. The van der Waals surface area contributed by atoms with Gasteiger partial charge in [-0.1, -0.05) is 11.3 Å². The van der Waals surface area contributed by atoms with E-state index in [-0.39, 0.29) is 17.7 Å². The van der Waals surface area contributed by atoms with Crippen molar-refractivity contribution >= 4 is 22.4 Å². The zero-order valence-electron chi connectivity index (χ0n) is 11.7. The molecule has 1 aromatic heterocycles. The van der Waals surface area contributed by atoms with E-state index in [1.807, 2.05) is 4.90 Å². The van der Waals surface area contributed by atoms with Gasteiger partial charge in [0.1, 0.15) is 0 Å². The molecule has 0 N–H and O–H groups in total. The number of halogens is 3. The molecule has 0 saturated carbocycles. The molecule has 2 fully saturated rings. The quantitative estimate of drug-likeness (QED) is 0.781. The zero-order valence-corrected chi connectivity index (χ0v) is 12.5. The Kier molecular flexibility index (Phi) is 3.95. The third kappa shape index (κ3) is 2.75. The third-order valence-corrected chi connectivity index (χ3v) is 4.56. The molecule has 2 aliphatic heterocycles. The van der Waals surface area contributed by atoms with Crippen molar-refractivity contribution in [2.24, 2.45) is 0 Å². The second-order valence-corrected chi connectivity index (χ2v) is 6.01. The van der Waals surface area contributed by atoms with Crippen molar-refractivity contribution in [3.05, 3.63) is 5.01 Å². The van der Waals surface area contributed by atoms with Crippen LogP contribution < -0.4 is 4.90 Å². The number of rotatable bonds is 2. The van der Waals surface area contributed by atoms with Crippen LogP contribution in [0.2, 0.25) is 0 Å². The fourth-order valence-electron chi connectivity index (χ4n) is 2.49. The summed E-state index contributed by atoms with van der Waals surface area (Å²) in [6, 6.07) is 0. The number of carbonyl (C=O) groups is 1. The molecule has 7 nitrogen and oxygen atoms in total. The van der Waals surface area contributed by atoms with E-state index in [4.69, 9.17) is 4.74 Å². The number of anilines is 1. The predicted octanol–water partition coefficient (Wildman–Crippen LogP) is 0.451. The normalized spacial score (nSPS) is 24.4. The van der Waals surface area contributed by atoms with Crippen molar-refractivity contribution in [1.82, 2.24) is 20.0 Å². The van der Waals surface area contributed by atoms with Crippen LogP contribution in [-0.2, 0) is 15.7 Å². The number of hydrogen-bond donors (Lipinski definition) is 0. The van der Waals surface area contributed by atoms with Crippen LogP contribution in [0.5, 0.6) is 0 Å². The Balaban J connectivity index is 1.87. The predicted molar refractivity (Wildman–Crippen MR) is 71.2 cm³/mol. The maximum Gasteiger partial charge on any atom is 0.445 e. The number of aromatic nitrogens is 2. The Morgan fingerprint density at radius 2 is 1.95 bits per heavy atom. The Labute approximate surface area is 128 Å². The maximum atomic E-state index is 12.7. The van der Waals surface area contributed by atoms with Crippen molar-refractivity contribution < 1.29 is 22.7 Å². The number of amides is 1. The smallest absolute Gasteiger partial charge is 0.379 e. The number of ether oxygens (including phenoxy) is 1. The minimum absolute atomic E-state index is 0.0986. The summed E-state index contributed by atoms with van der Waals surface area (Å²) >= 11 is 0.451. The van der Waals surface area contributed by atoms with Crippen LogP contribution in [0, 0.1) is 0 Å². The number of likely N-dealkylation sites (N-methyl/N-ethyl adjacent to an activating group) is 1. The molecule has 1 aromatic rings. The van der Waals surface area contributed by atoms with E-state index in [0.717, 1.165) is 0 Å². The van der Waals surface area contributed by atoms with Gasteiger partial charge in [0.05, 0.1) is 19.9 Å². The lowest BCUT2D eigenvalue weighted by molar-refractivity contribution is -0.138. The Morgan fingerprint density at radius 1 is 1.27 bits per heavy atom. The van der Waals surface area contributed by atoms with Gasteiger partial charge in [-0.25, -0.2) is 0 Å². The summed E-state index contributed by atoms with van der Waals surface area (Å²) in [6.45, 7) is 2.27. The molecule has 122 valence electrons. The molecule has 0 spiro atoms. The first-order chi connectivity index (χ1) is 10.4. The molecule has 0 aliphatic carbocycles. The highest BCUT2D eigenvalue weighted by Crippen LogP contribution is 2.36. The standard InChI is InChI=1S/C11H14F3N5O2S/c1-17-6-19(10-16-15-9(22-10)11(12,13)14)7(8(17)20)18-2-4-21-5-3-18/h7H,2-6H2,1H3. The maximum absolute atomic E-state index is 12.7. The highest BCUT2D eigenvalue weighted by atomic mass is 32.1. The van der Waals surface area contributed by atoms with Crippen LogP contribution in [0.25, 0.3) is 0 Å². The monoisotopic (exact) mass is 337 g/mol. The summed E-state index contributed by atoms with van der Waals surface area (Å²) in [5.74, 6) is -0.161. The lowest BCUT2D eigenvalue weighted by Gasteiger charge is -2.34. The van der Waals surface area contributed by atoms with Gasteiger partial charge in [0.25, 0.3) is 5.91 Å². The lowest BCUT2D eigenvalue weighted by atomic mass is 10.3. The molecule has 0 radical (unpaired) electrons. The molecular weight excluding hydrogens is 323 g/mol. The molecule has 1 atom stereocenters. The molecule has 22 heavy (non-hydrogen) atoms. The summed E-state index contributed by atoms with van der Waals surface area (Å²) in [6.07, 6.45) is -5.18. The van der Waals surface area contributed by atoms with E-state index in [0.29, 0.717) is 37.6 Å². The lowest BCUT2D eigenvalue weighted by Crippen LogP contribution is -2.53. The molecule has 2 saturated heterocycles. The summed E-state index contributed by atoms with van der Waals surface area (Å²) < 4.78 is 43.3. The van der Waals surface area contributed by atoms with Gasteiger partial charge >= 0.3 is 6.18 Å². The van der Waals surface area contributed by atoms with Gasteiger partial charge in [-0.2, -0.15) is 13.2 Å². The van der Waals surface area contributed by atoms with Gasteiger partial charge in [0.2, 0.25) is 10.1 Å². The highest BCUT2D eigenvalue weighted by molar-refractivity contribution is 7.15. The van der Waals surface area contributed by atoms with E-state index in [2.05, 4.69) is 10.2 Å². The van der Waals surface area contributed by atoms with E-state index >= 15 is 0 Å². The number of morpholine rings is 1. The number of alkyl halides is 3. The fraction of sp³-hybridized carbons (Fsp3) is 0.727. The van der Waals surface area contributed by atoms with Crippen molar-refractivity contribution in [2.75, 3.05) is 44.9 Å². The third-order valence-electron chi connectivity index (χ3n) is 3.55. The summed E-state index contributed by atoms with van der Waals surface area (Å²) in [5.41, 5.74) is 0. The Morgan fingerprint density at radius 3 is 2.55 bits per heavy atom. The van der Waals surface area contributed by atoms with Gasteiger partial charge < -0.3 is 14.5 Å². The number of hydrogen-bond acceptors (Lipinski definition) is 7. The molecule has 2 aliphatic rings. The van der Waals surface area contributed by atoms with E-state index in [9.17, 15) is 18.0 Å². The van der Waals surface area contributed by atoms with E-state index in [1.54, 1.807) is 11.9 Å². The van der Waals surface area contributed by atoms with Gasteiger partial charge in [0, 0.05) is 20.1 Å². The van der Waals surface area contributed by atoms with Crippen molar-refractivity contribution in [3.63, 3.8) is 0 Å². The summed E-state index contributed by atoms with van der Waals surface area (Å²) in [5, 5.41) is 5.90. The second kappa shape index (κ2) is 5.63. The molecule has 1 unspecified atom stereocenters. The first kappa shape index (κ1) is 15.4. The Bertz CT molecular complexity index is 560. The van der Waals surface area contributed by atoms with Gasteiger partial charge in [-0.15, -0.1) is 10.2 Å². The zero-order chi connectivity index (χ0) is 15.9. The first-order valence-electron chi connectivity index (χ1n) is 6.62. The largest absolute Gasteiger partial charge is 0.445 e. The van der Waals surface area contributed by atoms with Gasteiger partial charge in [-0.05, 0) is 0 Å². The van der Waals surface area contributed by atoms with Crippen LogP contribution in [0.15, 0.2) is 0 Å². The minimum Gasteiger partial charge on any atom is -0.379 e. The molecule has 3 rings (SSSR count). The van der Waals surface area contributed by atoms with Gasteiger partial charge in [0.15, 0.2) is 6.17 Å². The first-order valence-corrected chi connectivity index (χ1v) is 7.43. The van der Waals surface area contributed by atoms with Crippen LogP contribution in [0.1, 0.15) is 5.01 Å². The molecule has 1 amide bonds. The van der Waals surface area contributed by atoms with Crippen LogP contribution >= 0.6 is 11.3 Å². The van der Waals surface area contributed by atoms with E-state index < -0.39 is 17.3 Å². The molecule has 0 aromatic carbocycles.